The fourth-order valence-corrected chi connectivity index (χ4v) is 6.64. The smallest absolute Gasteiger partial charge is 0.334 e. The van der Waals surface area contributed by atoms with Crippen molar-refractivity contribution < 1.29 is 13.2 Å². The highest BCUT2D eigenvalue weighted by atomic mass is 32.2. The number of hydrogen-bond donors (Lipinski definition) is 0. The number of imidazole rings is 1. The number of sulfone groups is 1. The number of rotatable bonds is 8. The van der Waals surface area contributed by atoms with Gasteiger partial charge in [0.15, 0.2) is 9.84 Å². The van der Waals surface area contributed by atoms with E-state index in [0.717, 1.165) is 60.4 Å². The minimum Gasteiger partial charge on any atom is -0.361 e. The van der Waals surface area contributed by atoms with Crippen LogP contribution in [-0.2, 0) is 21.3 Å². The Balaban J connectivity index is 1.62. The van der Waals surface area contributed by atoms with Gasteiger partial charge in [0.05, 0.1) is 27.8 Å². The summed E-state index contributed by atoms with van der Waals surface area (Å²) in [5, 5.41) is 0.931. The van der Waals surface area contributed by atoms with Crippen LogP contribution in [0.15, 0.2) is 52.4 Å². The maximum Gasteiger partial charge on any atom is 0.334 e. The van der Waals surface area contributed by atoms with Crippen LogP contribution >= 0.6 is 0 Å². The van der Waals surface area contributed by atoms with Gasteiger partial charge in [-0.2, -0.15) is 0 Å². The molecule has 0 saturated heterocycles. The number of ether oxygens (including phenoxy) is 1. The SMILES string of the molecule is C[Si](C)(C)CCOCn1ccc2c1ncc1c2n(C2CCCCC2)c(=O)n1-c1ccc(S(C)(=O)=O)cc1. The molecule has 1 aliphatic carbocycles. The molecule has 10 heteroatoms. The Morgan fingerprint density at radius 1 is 1.05 bits per heavy atom. The van der Waals surface area contributed by atoms with Crippen molar-refractivity contribution in [1.82, 2.24) is 18.7 Å². The third-order valence-corrected chi connectivity index (χ3v) is 10.1. The summed E-state index contributed by atoms with van der Waals surface area (Å²) >= 11 is 0. The summed E-state index contributed by atoms with van der Waals surface area (Å²) < 4.78 is 35.6. The van der Waals surface area contributed by atoms with Crippen molar-refractivity contribution in [3.05, 3.63) is 53.2 Å². The summed E-state index contributed by atoms with van der Waals surface area (Å²) in [4.78, 5) is 19.0. The van der Waals surface area contributed by atoms with Gasteiger partial charge in [-0.05, 0) is 49.2 Å². The monoisotopic (exact) mass is 540 g/mol. The van der Waals surface area contributed by atoms with E-state index in [2.05, 4.69) is 19.6 Å². The van der Waals surface area contributed by atoms with E-state index in [1.54, 1.807) is 35.0 Å². The second-order valence-electron chi connectivity index (χ2n) is 11.4. The van der Waals surface area contributed by atoms with E-state index in [9.17, 15) is 13.2 Å². The van der Waals surface area contributed by atoms with Crippen LogP contribution < -0.4 is 5.69 Å². The highest BCUT2D eigenvalue weighted by molar-refractivity contribution is 7.90. The summed E-state index contributed by atoms with van der Waals surface area (Å²) in [5.41, 5.74) is 2.94. The highest BCUT2D eigenvalue weighted by Gasteiger charge is 2.26. The van der Waals surface area contributed by atoms with E-state index in [-0.39, 0.29) is 16.6 Å². The van der Waals surface area contributed by atoms with Crippen molar-refractivity contribution in [3.8, 4) is 5.69 Å². The van der Waals surface area contributed by atoms with Crippen molar-refractivity contribution in [3.63, 3.8) is 0 Å². The molecule has 1 fully saturated rings. The lowest BCUT2D eigenvalue weighted by atomic mass is 9.95. The molecule has 1 aliphatic rings. The molecular weight excluding hydrogens is 504 g/mol. The zero-order valence-electron chi connectivity index (χ0n) is 22.1. The van der Waals surface area contributed by atoms with Gasteiger partial charge in [0.1, 0.15) is 12.4 Å². The molecule has 0 atom stereocenters. The second-order valence-corrected chi connectivity index (χ2v) is 19.0. The molecular formula is C27H36N4O4SSi. The van der Waals surface area contributed by atoms with Crippen molar-refractivity contribution in [1.29, 1.82) is 0 Å². The zero-order chi connectivity index (χ0) is 26.4. The zero-order valence-corrected chi connectivity index (χ0v) is 23.9. The van der Waals surface area contributed by atoms with Crippen LogP contribution in [0.2, 0.25) is 25.7 Å². The molecule has 0 aliphatic heterocycles. The van der Waals surface area contributed by atoms with Crippen LogP contribution in [0.25, 0.3) is 27.8 Å². The lowest BCUT2D eigenvalue weighted by Crippen LogP contribution is -2.28. The molecule has 0 radical (unpaired) electrons. The average molecular weight is 541 g/mol. The molecule has 3 aromatic heterocycles. The Bertz CT molecular complexity index is 1590. The first-order chi connectivity index (χ1) is 17.5. The molecule has 3 heterocycles. The normalized spacial score (nSPS) is 15.7. The molecule has 5 rings (SSSR count). The van der Waals surface area contributed by atoms with Crippen LogP contribution in [0, 0.1) is 0 Å². The summed E-state index contributed by atoms with van der Waals surface area (Å²) in [6.45, 7) is 8.16. The van der Waals surface area contributed by atoms with Gasteiger partial charge in [0, 0.05) is 38.6 Å². The van der Waals surface area contributed by atoms with Gasteiger partial charge in [0.2, 0.25) is 0 Å². The van der Waals surface area contributed by atoms with E-state index < -0.39 is 17.9 Å². The maximum atomic E-state index is 14.0. The minimum atomic E-state index is -3.33. The molecule has 1 saturated carbocycles. The van der Waals surface area contributed by atoms with Crippen molar-refractivity contribution in [2.75, 3.05) is 12.9 Å². The van der Waals surface area contributed by atoms with E-state index in [1.807, 2.05) is 21.4 Å². The molecule has 8 nitrogen and oxygen atoms in total. The predicted molar refractivity (Wildman–Crippen MR) is 150 cm³/mol. The van der Waals surface area contributed by atoms with Crippen molar-refractivity contribution >= 4 is 40.0 Å². The molecule has 1 aromatic carbocycles. The first-order valence-corrected chi connectivity index (χ1v) is 18.6. The lowest BCUT2D eigenvalue weighted by molar-refractivity contribution is 0.0899. The summed E-state index contributed by atoms with van der Waals surface area (Å²) in [6.07, 6.45) is 10.3. The highest BCUT2D eigenvalue weighted by Crippen LogP contribution is 2.34. The van der Waals surface area contributed by atoms with Crippen molar-refractivity contribution in [2.45, 2.75) is 75.5 Å². The molecule has 0 spiro atoms. The van der Waals surface area contributed by atoms with E-state index >= 15 is 0 Å². The van der Waals surface area contributed by atoms with Gasteiger partial charge in [0.25, 0.3) is 0 Å². The number of hydrogen-bond acceptors (Lipinski definition) is 5. The summed E-state index contributed by atoms with van der Waals surface area (Å²) in [7, 11) is -4.50. The fraction of sp³-hybridized carbons (Fsp3) is 0.481. The Kier molecular flexibility index (Phi) is 6.93. The van der Waals surface area contributed by atoms with Crippen LogP contribution in [0.4, 0.5) is 0 Å². The second kappa shape index (κ2) is 9.88. The quantitative estimate of drug-likeness (QED) is 0.222. The predicted octanol–water partition coefficient (Wildman–Crippen LogP) is 5.36. The van der Waals surface area contributed by atoms with Gasteiger partial charge in [-0.3, -0.25) is 9.13 Å². The molecule has 198 valence electrons. The van der Waals surface area contributed by atoms with Crippen LogP contribution in [0.5, 0.6) is 0 Å². The maximum absolute atomic E-state index is 14.0. The average Bonchev–Trinajstić information content (AvgIpc) is 3.39. The minimum absolute atomic E-state index is 0.109. The molecule has 4 aromatic rings. The third kappa shape index (κ3) is 5.19. The van der Waals surface area contributed by atoms with E-state index in [4.69, 9.17) is 9.72 Å². The molecule has 0 amide bonds. The Morgan fingerprint density at radius 2 is 1.76 bits per heavy atom. The van der Waals surface area contributed by atoms with Crippen molar-refractivity contribution in [2.24, 2.45) is 0 Å². The molecule has 37 heavy (non-hydrogen) atoms. The van der Waals surface area contributed by atoms with Gasteiger partial charge in [-0.1, -0.05) is 38.9 Å². The van der Waals surface area contributed by atoms with Gasteiger partial charge in [-0.15, -0.1) is 0 Å². The molecule has 0 bridgehead atoms. The van der Waals surface area contributed by atoms with Gasteiger partial charge < -0.3 is 9.30 Å². The number of nitrogens with zero attached hydrogens (tertiary/aromatic N) is 4. The van der Waals surface area contributed by atoms with Crippen LogP contribution in [0.1, 0.15) is 38.1 Å². The summed E-state index contributed by atoms with van der Waals surface area (Å²) in [5.74, 6) is 0. The lowest BCUT2D eigenvalue weighted by Gasteiger charge is -2.23. The van der Waals surface area contributed by atoms with Crippen LogP contribution in [-0.4, -0.2) is 48.0 Å². The topological polar surface area (TPSA) is 88.1 Å². The van der Waals surface area contributed by atoms with Crippen LogP contribution in [0.3, 0.4) is 0 Å². The summed E-state index contributed by atoms with van der Waals surface area (Å²) in [6, 6.07) is 9.77. The number of aromatic nitrogens is 4. The van der Waals surface area contributed by atoms with E-state index in [1.165, 1.54) is 12.7 Å². The Hall–Kier alpha value is -2.69. The molecule has 0 unspecified atom stereocenters. The third-order valence-electron chi connectivity index (χ3n) is 7.31. The Morgan fingerprint density at radius 3 is 2.41 bits per heavy atom. The molecule has 0 N–H and O–H groups in total. The number of benzene rings is 1. The standard InChI is InChI=1S/C27H36N4O4SSi/c1-36(33,34)22-12-10-21(11-13-22)30-24-18-28-26-23(14-15-29(26)19-35-16-17-37(2,3)4)25(24)31(27(30)32)20-8-6-5-7-9-20/h10-15,18,20H,5-9,16-17,19H2,1-4H3. The van der Waals surface area contributed by atoms with E-state index in [0.29, 0.717) is 12.4 Å². The first kappa shape index (κ1) is 25.9. The number of fused-ring (bicyclic) bond motifs is 3. The number of pyridine rings is 1. The van der Waals surface area contributed by atoms with Gasteiger partial charge >= 0.3 is 5.69 Å². The largest absolute Gasteiger partial charge is 0.361 e. The van der Waals surface area contributed by atoms with Gasteiger partial charge in [-0.25, -0.2) is 18.2 Å². The Labute approximate surface area is 218 Å². The fourth-order valence-electron chi connectivity index (χ4n) is 5.25. The first-order valence-electron chi connectivity index (χ1n) is 13.0.